The fraction of sp³-hybridized carbons (Fsp3) is 0.190. The first-order chi connectivity index (χ1) is 13.2. The van der Waals surface area contributed by atoms with E-state index >= 15 is 0 Å². The lowest BCUT2D eigenvalue weighted by atomic mass is 10.0. The molecule has 1 N–H and O–H groups in total. The number of piperazine rings is 1. The lowest BCUT2D eigenvalue weighted by molar-refractivity contribution is -0.127. The molecule has 136 valence electrons. The number of nitrogens with zero attached hydrogens (tertiary/aromatic N) is 2. The summed E-state index contributed by atoms with van der Waals surface area (Å²) in [5, 5.41) is 6.68. The summed E-state index contributed by atoms with van der Waals surface area (Å²) in [6, 6.07) is 18.5. The van der Waals surface area contributed by atoms with Gasteiger partial charge < -0.3 is 14.7 Å². The van der Waals surface area contributed by atoms with E-state index in [0.717, 1.165) is 11.1 Å². The van der Waals surface area contributed by atoms with Crippen LogP contribution < -0.4 is 5.32 Å². The molecule has 27 heavy (non-hydrogen) atoms. The van der Waals surface area contributed by atoms with Crippen molar-refractivity contribution in [3.05, 3.63) is 78.0 Å². The van der Waals surface area contributed by atoms with Crippen LogP contribution in [-0.4, -0.2) is 41.0 Å². The molecule has 2 aromatic carbocycles. The number of amides is 2. The molecule has 1 fully saturated rings. The molecule has 1 unspecified atom stereocenters. The van der Waals surface area contributed by atoms with E-state index in [2.05, 4.69) is 10.5 Å². The van der Waals surface area contributed by atoms with Crippen LogP contribution in [0.15, 0.2) is 71.4 Å². The molecule has 0 bridgehead atoms. The van der Waals surface area contributed by atoms with Crippen molar-refractivity contribution in [2.45, 2.75) is 12.5 Å². The molecular weight excluding hydrogens is 342 g/mol. The summed E-state index contributed by atoms with van der Waals surface area (Å²) < 4.78 is 5.34. The lowest BCUT2D eigenvalue weighted by Gasteiger charge is -2.35. The van der Waals surface area contributed by atoms with Gasteiger partial charge in [-0.25, -0.2) is 0 Å². The Morgan fingerprint density at radius 3 is 2.56 bits per heavy atom. The molecule has 1 aliphatic rings. The molecule has 6 heteroatoms. The third-order valence-corrected chi connectivity index (χ3v) is 4.70. The van der Waals surface area contributed by atoms with Crippen molar-refractivity contribution >= 4 is 11.8 Å². The normalized spacial score (nSPS) is 16.8. The predicted molar refractivity (Wildman–Crippen MR) is 99.9 cm³/mol. The smallest absolute Gasteiger partial charge is 0.260 e. The Hall–Kier alpha value is -3.41. The highest BCUT2D eigenvalue weighted by atomic mass is 16.5. The maximum atomic E-state index is 13.2. The summed E-state index contributed by atoms with van der Waals surface area (Å²) in [4.78, 5) is 27.4. The molecular formula is C21H19N3O3. The van der Waals surface area contributed by atoms with E-state index < -0.39 is 6.04 Å². The number of benzene rings is 2. The van der Waals surface area contributed by atoms with Gasteiger partial charge in [-0.3, -0.25) is 9.59 Å². The maximum absolute atomic E-state index is 13.2. The van der Waals surface area contributed by atoms with Crippen LogP contribution in [-0.2, 0) is 11.2 Å². The summed E-state index contributed by atoms with van der Waals surface area (Å²) >= 11 is 0. The Balaban J connectivity index is 1.64. The van der Waals surface area contributed by atoms with Gasteiger partial charge >= 0.3 is 0 Å². The number of carbonyl (C=O) groups is 2. The Morgan fingerprint density at radius 1 is 1.11 bits per heavy atom. The number of hydrogen-bond donors (Lipinski definition) is 1. The van der Waals surface area contributed by atoms with Gasteiger partial charge in [0.2, 0.25) is 5.91 Å². The first-order valence-corrected chi connectivity index (χ1v) is 8.87. The Bertz CT molecular complexity index is 938. The van der Waals surface area contributed by atoms with Gasteiger partial charge in [-0.15, -0.1) is 0 Å². The second-order valence-corrected chi connectivity index (χ2v) is 6.43. The van der Waals surface area contributed by atoms with Crippen molar-refractivity contribution in [3.8, 4) is 11.3 Å². The molecule has 2 amide bonds. The minimum absolute atomic E-state index is 0.142. The van der Waals surface area contributed by atoms with Gasteiger partial charge in [-0.2, -0.15) is 0 Å². The van der Waals surface area contributed by atoms with Gasteiger partial charge in [-0.1, -0.05) is 65.8 Å². The summed E-state index contributed by atoms with van der Waals surface area (Å²) in [6.45, 7) is 0.878. The zero-order valence-electron chi connectivity index (χ0n) is 14.7. The summed E-state index contributed by atoms with van der Waals surface area (Å²) in [6.07, 6.45) is 1.89. The molecule has 6 nitrogen and oxygen atoms in total. The van der Waals surface area contributed by atoms with Gasteiger partial charge in [0.05, 0.1) is 6.20 Å². The van der Waals surface area contributed by atoms with E-state index in [-0.39, 0.29) is 11.8 Å². The molecule has 3 aromatic rings. The standard InChI is InChI=1S/C21H19N3O3/c25-20-18(13-15-7-3-1-4-8-15)24(12-11-22-20)21(26)17-14-23-27-19(17)16-9-5-2-6-10-16/h1-10,14,18H,11-13H2,(H,22,25). The summed E-state index contributed by atoms with van der Waals surface area (Å²) in [7, 11) is 0. The first-order valence-electron chi connectivity index (χ1n) is 8.87. The Morgan fingerprint density at radius 2 is 1.81 bits per heavy atom. The zero-order valence-corrected chi connectivity index (χ0v) is 14.7. The molecule has 0 spiro atoms. The van der Waals surface area contributed by atoms with E-state index in [1.165, 1.54) is 6.20 Å². The van der Waals surface area contributed by atoms with Gasteiger partial charge in [-0.05, 0) is 5.56 Å². The molecule has 1 aromatic heterocycles. The topological polar surface area (TPSA) is 75.4 Å². The van der Waals surface area contributed by atoms with Crippen LogP contribution >= 0.6 is 0 Å². The number of nitrogens with one attached hydrogen (secondary N) is 1. The zero-order chi connectivity index (χ0) is 18.6. The van der Waals surface area contributed by atoms with E-state index in [1.54, 1.807) is 4.90 Å². The molecule has 0 radical (unpaired) electrons. The Labute approximate surface area is 156 Å². The second-order valence-electron chi connectivity index (χ2n) is 6.43. The van der Waals surface area contributed by atoms with E-state index in [9.17, 15) is 9.59 Å². The van der Waals surface area contributed by atoms with Crippen molar-refractivity contribution in [2.24, 2.45) is 0 Å². The van der Waals surface area contributed by atoms with E-state index in [4.69, 9.17) is 4.52 Å². The van der Waals surface area contributed by atoms with Crippen LogP contribution in [0.1, 0.15) is 15.9 Å². The maximum Gasteiger partial charge on any atom is 0.260 e. The molecule has 0 aliphatic carbocycles. The number of aromatic nitrogens is 1. The van der Waals surface area contributed by atoms with Crippen LogP contribution in [0.3, 0.4) is 0 Å². The number of rotatable bonds is 4. The highest BCUT2D eigenvalue weighted by Crippen LogP contribution is 2.26. The minimum Gasteiger partial charge on any atom is -0.355 e. The average Bonchev–Trinajstić information content (AvgIpc) is 3.20. The fourth-order valence-electron chi connectivity index (χ4n) is 3.34. The Kier molecular flexibility index (Phi) is 4.70. The van der Waals surface area contributed by atoms with Crippen LogP contribution in [0, 0.1) is 0 Å². The quantitative estimate of drug-likeness (QED) is 0.775. The first kappa shape index (κ1) is 17.0. The third-order valence-electron chi connectivity index (χ3n) is 4.70. The van der Waals surface area contributed by atoms with Gasteiger partial charge in [0.1, 0.15) is 11.6 Å². The van der Waals surface area contributed by atoms with Crippen LogP contribution in [0.4, 0.5) is 0 Å². The van der Waals surface area contributed by atoms with Crippen molar-refractivity contribution < 1.29 is 14.1 Å². The van der Waals surface area contributed by atoms with E-state index in [1.807, 2.05) is 60.7 Å². The summed E-state index contributed by atoms with van der Waals surface area (Å²) in [5.41, 5.74) is 2.15. The molecule has 1 atom stereocenters. The number of hydrogen-bond acceptors (Lipinski definition) is 4. The second kappa shape index (κ2) is 7.45. The summed E-state index contributed by atoms with van der Waals surface area (Å²) in [5.74, 6) is 0.0343. The van der Waals surface area contributed by atoms with Crippen LogP contribution in [0.5, 0.6) is 0 Å². The van der Waals surface area contributed by atoms with Crippen molar-refractivity contribution in [1.29, 1.82) is 0 Å². The molecule has 1 saturated heterocycles. The third kappa shape index (κ3) is 3.46. The monoisotopic (exact) mass is 361 g/mol. The molecule has 2 heterocycles. The van der Waals surface area contributed by atoms with Crippen molar-refractivity contribution in [1.82, 2.24) is 15.4 Å². The van der Waals surface area contributed by atoms with Gasteiger partial charge in [0.15, 0.2) is 5.76 Å². The fourth-order valence-corrected chi connectivity index (χ4v) is 3.34. The predicted octanol–water partition coefficient (Wildman–Crippen LogP) is 2.52. The van der Waals surface area contributed by atoms with Crippen molar-refractivity contribution in [2.75, 3.05) is 13.1 Å². The lowest BCUT2D eigenvalue weighted by Crippen LogP contribution is -2.58. The largest absolute Gasteiger partial charge is 0.355 e. The molecule has 1 aliphatic heterocycles. The van der Waals surface area contributed by atoms with Gasteiger partial charge in [0.25, 0.3) is 5.91 Å². The highest BCUT2D eigenvalue weighted by molar-refractivity contribution is 6.02. The van der Waals surface area contributed by atoms with E-state index in [0.29, 0.717) is 30.8 Å². The SMILES string of the molecule is O=C1NCCN(C(=O)c2cnoc2-c2ccccc2)C1Cc1ccccc1. The van der Waals surface area contributed by atoms with Crippen LogP contribution in [0.2, 0.25) is 0 Å². The molecule has 4 rings (SSSR count). The minimum atomic E-state index is -0.563. The van der Waals surface area contributed by atoms with Crippen LogP contribution in [0.25, 0.3) is 11.3 Å². The van der Waals surface area contributed by atoms with Crippen molar-refractivity contribution in [3.63, 3.8) is 0 Å². The highest BCUT2D eigenvalue weighted by Gasteiger charge is 2.35. The molecule has 0 saturated carbocycles. The average molecular weight is 361 g/mol. The van der Waals surface area contributed by atoms with Gasteiger partial charge in [0, 0.05) is 25.1 Å². The number of carbonyl (C=O) groups excluding carboxylic acids is 2.